The molecule has 4 rings (SSSR count). The lowest BCUT2D eigenvalue weighted by atomic mass is 10.0. The quantitative estimate of drug-likeness (QED) is 0.0585. The van der Waals surface area contributed by atoms with Crippen LogP contribution in [0.1, 0.15) is 68.7 Å². The highest BCUT2D eigenvalue weighted by Crippen LogP contribution is 2.21. The molecule has 10 N–H and O–H groups in total. The molecule has 7 amide bonds. The third-order valence-electron chi connectivity index (χ3n) is 9.62. The number of rotatable bonds is 20. The van der Waals surface area contributed by atoms with E-state index in [1.165, 1.54) is 0 Å². The number of carbonyl (C=O) groups is 7. The van der Waals surface area contributed by atoms with Gasteiger partial charge in [0.1, 0.15) is 29.8 Å². The Kier molecular flexibility index (Phi) is 16.8. The number of fused-ring (bicyclic) bond motifs is 1. The first kappa shape index (κ1) is 46.8. The lowest BCUT2D eigenvalue weighted by Gasteiger charge is -2.27. The standard InChI is InChI=1S/C44H56N8O9/c1-26-14-13-15-27(2)37(26)52-42(59)46-21-12-11-20-32(39(56)50-35(24-36(53)54)41(58)49-33(38(45)55)22-28-16-7-6-8-17-28)48-40(57)34(51-43(60)61-44(3,4)5)23-29-25-47-31-19-10-9-18-30(29)31/h6-10,13-19,25,32-35,47H,11-12,20-24H2,1-5H3,(H2,45,55)(H,48,57)(H,49,58)(H,50,56)(H,51,60)(H,53,54)(H2,46,52,59)/t32-,33?,34?,35?/m0/s1. The van der Waals surface area contributed by atoms with E-state index in [0.717, 1.165) is 22.0 Å². The summed E-state index contributed by atoms with van der Waals surface area (Å²) in [4.78, 5) is 95.0. The number of carboxylic acid groups (broad SMARTS) is 1. The van der Waals surface area contributed by atoms with Crippen molar-refractivity contribution in [1.82, 2.24) is 31.6 Å². The molecule has 0 saturated heterocycles. The Hall–Kier alpha value is -6.91. The van der Waals surface area contributed by atoms with Gasteiger partial charge in [-0.15, -0.1) is 0 Å². The number of amides is 7. The second kappa shape index (κ2) is 21.9. The molecule has 1 heterocycles. The highest BCUT2D eigenvalue weighted by atomic mass is 16.6. The molecule has 0 radical (unpaired) electrons. The summed E-state index contributed by atoms with van der Waals surface area (Å²) < 4.78 is 5.45. The second-order valence-corrected chi connectivity index (χ2v) is 15.8. The lowest BCUT2D eigenvalue weighted by Crippen LogP contribution is -2.59. The van der Waals surface area contributed by atoms with Crippen LogP contribution in [-0.4, -0.2) is 88.1 Å². The van der Waals surface area contributed by atoms with Crippen LogP contribution in [0, 0.1) is 13.8 Å². The second-order valence-electron chi connectivity index (χ2n) is 15.8. The van der Waals surface area contributed by atoms with Crippen LogP contribution in [-0.2, 0) is 41.6 Å². The highest BCUT2D eigenvalue weighted by Gasteiger charge is 2.33. The van der Waals surface area contributed by atoms with E-state index in [1.807, 2.05) is 56.3 Å². The van der Waals surface area contributed by atoms with E-state index in [9.17, 15) is 38.7 Å². The van der Waals surface area contributed by atoms with Crippen molar-refractivity contribution in [3.05, 3.63) is 101 Å². The lowest BCUT2D eigenvalue weighted by molar-refractivity contribution is -0.141. The molecule has 0 spiro atoms. The predicted molar refractivity (Wildman–Crippen MR) is 229 cm³/mol. The van der Waals surface area contributed by atoms with E-state index in [-0.39, 0.29) is 32.2 Å². The van der Waals surface area contributed by atoms with Gasteiger partial charge in [-0.1, -0.05) is 66.7 Å². The first-order valence-corrected chi connectivity index (χ1v) is 20.0. The Labute approximate surface area is 354 Å². The zero-order valence-corrected chi connectivity index (χ0v) is 35.1. The van der Waals surface area contributed by atoms with Gasteiger partial charge >= 0.3 is 18.1 Å². The number of aromatic nitrogens is 1. The monoisotopic (exact) mass is 840 g/mol. The summed E-state index contributed by atoms with van der Waals surface area (Å²) in [5.41, 5.74) is 9.32. The molecule has 3 aromatic carbocycles. The summed E-state index contributed by atoms with van der Waals surface area (Å²) in [7, 11) is 0. The molecule has 326 valence electrons. The van der Waals surface area contributed by atoms with Crippen LogP contribution in [0.3, 0.4) is 0 Å². The molecule has 0 aliphatic heterocycles. The smallest absolute Gasteiger partial charge is 0.408 e. The summed E-state index contributed by atoms with van der Waals surface area (Å²) in [5, 5.41) is 26.4. The van der Waals surface area contributed by atoms with Crippen LogP contribution < -0.4 is 37.6 Å². The number of carboxylic acids is 1. The Balaban J connectivity index is 1.54. The number of primary amides is 1. The minimum absolute atomic E-state index is 0.00736. The normalized spacial score (nSPS) is 13.1. The number of benzene rings is 3. The molecular formula is C44H56N8O9. The van der Waals surface area contributed by atoms with Gasteiger partial charge in [0.15, 0.2) is 0 Å². The summed E-state index contributed by atoms with van der Waals surface area (Å²) in [6, 6.07) is 15.8. The van der Waals surface area contributed by atoms with Crippen LogP contribution in [0.4, 0.5) is 15.3 Å². The number of ether oxygens (including phenoxy) is 1. The van der Waals surface area contributed by atoms with Crippen molar-refractivity contribution < 1.29 is 43.4 Å². The number of anilines is 1. The number of nitrogens with two attached hydrogens (primary N) is 1. The van der Waals surface area contributed by atoms with Crippen LogP contribution in [0.5, 0.6) is 0 Å². The van der Waals surface area contributed by atoms with Crippen molar-refractivity contribution in [2.24, 2.45) is 5.73 Å². The van der Waals surface area contributed by atoms with E-state index in [1.54, 1.807) is 57.3 Å². The Morgan fingerprint density at radius 2 is 1.33 bits per heavy atom. The maximum Gasteiger partial charge on any atom is 0.408 e. The Bertz CT molecular complexity index is 2160. The van der Waals surface area contributed by atoms with Gasteiger partial charge in [-0.3, -0.25) is 24.0 Å². The van der Waals surface area contributed by atoms with Crippen LogP contribution >= 0.6 is 0 Å². The molecule has 0 aliphatic rings. The highest BCUT2D eigenvalue weighted by molar-refractivity contribution is 5.97. The number of nitrogens with one attached hydrogen (secondary N) is 7. The van der Waals surface area contributed by atoms with Crippen LogP contribution in [0.25, 0.3) is 10.9 Å². The molecule has 0 aliphatic carbocycles. The van der Waals surface area contributed by atoms with E-state index in [4.69, 9.17) is 10.5 Å². The molecule has 3 unspecified atom stereocenters. The molecular weight excluding hydrogens is 785 g/mol. The molecule has 0 fully saturated rings. The van der Waals surface area contributed by atoms with Crippen molar-refractivity contribution in [1.29, 1.82) is 0 Å². The number of carbonyl (C=O) groups excluding carboxylic acids is 6. The summed E-state index contributed by atoms with van der Waals surface area (Å²) in [5.74, 6) is -4.96. The van der Waals surface area contributed by atoms with Crippen molar-refractivity contribution in [3.63, 3.8) is 0 Å². The van der Waals surface area contributed by atoms with Crippen molar-refractivity contribution in [2.45, 2.75) is 103 Å². The van der Waals surface area contributed by atoms with E-state index < -0.39 is 77.9 Å². The SMILES string of the molecule is Cc1cccc(C)c1NC(=O)NCCCC[C@H](NC(=O)C(Cc1c[nH]c2ccccc12)NC(=O)OC(C)(C)C)C(=O)NC(CC(=O)O)C(=O)NC(Cc1ccccc1)C(N)=O. The third-order valence-corrected chi connectivity index (χ3v) is 9.62. The topological polar surface area (TPSA) is 263 Å². The number of aromatic amines is 1. The summed E-state index contributed by atoms with van der Waals surface area (Å²) >= 11 is 0. The summed E-state index contributed by atoms with van der Waals surface area (Å²) in [6.45, 7) is 8.95. The van der Waals surface area contributed by atoms with Gasteiger partial charge in [-0.2, -0.15) is 0 Å². The largest absolute Gasteiger partial charge is 0.481 e. The van der Waals surface area contributed by atoms with Crippen molar-refractivity contribution in [3.8, 4) is 0 Å². The number of alkyl carbamates (subject to hydrolysis) is 1. The average molecular weight is 841 g/mol. The molecule has 4 aromatic rings. The Morgan fingerprint density at radius 3 is 1.98 bits per heavy atom. The van der Waals surface area contributed by atoms with Crippen LogP contribution in [0.2, 0.25) is 0 Å². The average Bonchev–Trinajstić information content (AvgIpc) is 3.59. The van der Waals surface area contributed by atoms with E-state index >= 15 is 0 Å². The van der Waals surface area contributed by atoms with E-state index in [2.05, 4.69) is 36.9 Å². The van der Waals surface area contributed by atoms with Gasteiger partial charge in [0.05, 0.1) is 6.42 Å². The third kappa shape index (κ3) is 15.0. The zero-order valence-electron chi connectivity index (χ0n) is 35.1. The fourth-order valence-electron chi connectivity index (χ4n) is 6.57. The molecule has 17 heteroatoms. The number of unbranched alkanes of at least 4 members (excludes halogenated alkanes) is 1. The maximum absolute atomic E-state index is 14.2. The number of H-pyrrole nitrogens is 1. The molecule has 0 saturated carbocycles. The fraction of sp³-hybridized carbons (Fsp3) is 0.386. The van der Waals surface area contributed by atoms with Crippen LogP contribution in [0.15, 0.2) is 79.0 Å². The van der Waals surface area contributed by atoms with E-state index in [0.29, 0.717) is 23.2 Å². The number of aliphatic carboxylic acids is 1. The number of hydrogen-bond donors (Lipinski definition) is 9. The number of urea groups is 1. The molecule has 17 nitrogen and oxygen atoms in total. The molecule has 4 atom stereocenters. The van der Waals surface area contributed by atoms with Gasteiger partial charge in [-0.25, -0.2) is 9.59 Å². The zero-order chi connectivity index (χ0) is 44.7. The maximum atomic E-state index is 14.2. The van der Waals surface area contributed by atoms with Gasteiger partial charge in [0.25, 0.3) is 0 Å². The summed E-state index contributed by atoms with van der Waals surface area (Å²) in [6.07, 6.45) is 0.564. The van der Waals surface area contributed by atoms with Crippen molar-refractivity contribution >= 4 is 58.3 Å². The van der Waals surface area contributed by atoms with Gasteiger partial charge in [-0.05, 0) is 82.2 Å². The Morgan fingerprint density at radius 1 is 0.721 bits per heavy atom. The minimum Gasteiger partial charge on any atom is -0.481 e. The molecule has 61 heavy (non-hydrogen) atoms. The first-order valence-electron chi connectivity index (χ1n) is 20.0. The van der Waals surface area contributed by atoms with Gasteiger partial charge in [0, 0.05) is 42.2 Å². The minimum atomic E-state index is -1.68. The fourth-order valence-corrected chi connectivity index (χ4v) is 6.57. The van der Waals surface area contributed by atoms with Crippen molar-refractivity contribution in [2.75, 3.05) is 11.9 Å². The van der Waals surface area contributed by atoms with Gasteiger partial charge in [0.2, 0.25) is 23.6 Å². The number of aryl methyl sites for hydroxylation is 2. The predicted octanol–water partition coefficient (Wildman–Crippen LogP) is 3.87. The van der Waals surface area contributed by atoms with Gasteiger partial charge < -0.3 is 52.5 Å². The first-order chi connectivity index (χ1) is 28.9. The molecule has 0 bridgehead atoms. The number of hydrogen-bond acceptors (Lipinski definition) is 8. The molecule has 1 aromatic heterocycles. The number of para-hydroxylation sites is 2.